The molecular weight excluding hydrogens is 268 g/mol. The molecule has 3 unspecified atom stereocenters. The van der Waals surface area contributed by atoms with Gasteiger partial charge < -0.3 is 15.0 Å². The summed E-state index contributed by atoms with van der Waals surface area (Å²) in [5, 5.41) is 3.67. The minimum Gasteiger partial charge on any atom is -0.374 e. The molecule has 0 bridgehead atoms. The van der Waals surface area contributed by atoms with Crippen molar-refractivity contribution in [2.24, 2.45) is 0 Å². The highest BCUT2D eigenvalue weighted by Gasteiger charge is 2.41. The van der Waals surface area contributed by atoms with Gasteiger partial charge in [0.15, 0.2) is 0 Å². The van der Waals surface area contributed by atoms with Crippen molar-refractivity contribution in [3.05, 3.63) is 0 Å². The molecule has 0 aromatic rings. The van der Waals surface area contributed by atoms with Crippen LogP contribution in [-0.4, -0.2) is 60.8 Å². The summed E-state index contributed by atoms with van der Waals surface area (Å²) < 4.78 is 6.14. The zero-order chi connectivity index (χ0) is 13.8. The van der Waals surface area contributed by atoms with Gasteiger partial charge in [0.1, 0.15) is 0 Å². The number of nitrogens with one attached hydrogen (secondary N) is 1. The summed E-state index contributed by atoms with van der Waals surface area (Å²) in [6, 6.07) is 1.51. The minimum atomic E-state index is 0.227. The maximum atomic E-state index is 6.14. The molecule has 1 N–H and O–H groups in total. The summed E-state index contributed by atoms with van der Waals surface area (Å²) in [6.07, 6.45) is 9.23. The van der Waals surface area contributed by atoms with E-state index in [-0.39, 0.29) is 5.60 Å². The molecule has 4 heteroatoms. The largest absolute Gasteiger partial charge is 0.374 e. The van der Waals surface area contributed by atoms with Gasteiger partial charge in [-0.25, -0.2) is 0 Å². The molecule has 3 saturated heterocycles. The van der Waals surface area contributed by atoms with Crippen molar-refractivity contribution in [1.29, 1.82) is 0 Å². The van der Waals surface area contributed by atoms with Crippen molar-refractivity contribution in [3.63, 3.8) is 0 Å². The molecule has 0 aromatic carbocycles. The number of thioether (sulfide) groups is 1. The molecule has 1 spiro atoms. The maximum Gasteiger partial charge on any atom is 0.0795 e. The Hall–Kier alpha value is 0.230. The fourth-order valence-corrected chi connectivity index (χ4v) is 5.33. The predicted molar refractivity (Wildman–Crippen MR) is 86.5 cm³/mol. The summed E-state index contributed by atoms with van der Waals surface area (Å²) in [7, 11) is 2.33. The second kappa shape index (κ2) is 6.99. The van der Waals surface area contributed by atoms with E-state index in [4.69, 9.17) is 4.74 Å². The first-order chi connectivity index (χ1) is 9.77. The Labute approximate surface area is 128 Å². The third-order valence-electron chi connectivity index (χ3n) is 5.40. The van der Waals surface area contributed by atoms with Crippen LogP contribution in [0.4, 0.5) is 0 Å². The topological polar surface area (TPSA) is 24.5 Å². The van der Waals surface area contributed by atoms with Gasteiger partial charge in [0.05, 0.1) is 5.60 Å². The van der Waals surface area contributed by atoms with Crippen LogP contribution >= 0.6 is 11.8 Å². The fraction of sp³-hybridized carbons (Fsp3) is 1.00. The van der Waals surface area contributed by atoms with Crippen molar-refractivity contribution in [2.75, 3.05) is 38.2 Å². The lowest BCUT2D eigenvalue weighted by molar-refractivity contribution is -0.0866. The molecule has 3 rings (SSSR count). The smallest absolute Gasteiger partial charge is 0.0795 e. The third kappa shape index (κ3) is 3.70. The van der Waals surface area contributed by atoms with E-state index in [0.717, 1.165) is 18.7 Å². The average molecular weight is 298 g/mol. The molecule has 0 aliphatic carbocycles. The Balaban J connectivity index is 1.45. The Bertz CT molecular complexity index is 301. The van der Waals surface area contributed by atoms with Crippen molar-refractivity contribution in [2.45, 2.75) is 62.6 Å². The second-order valence-corrected chi connectivity index (χ2v) is 8.00. The molecule has 3 heterocycles. The average Bonchev–Trinajstić information content (AvgIpc) is 2.93. The molecule has 3 atom stereocenters. The molecule has 0 amide bonds. The lowest BCUT2D eigenvalue weighted by Crippen LogP contribution is -2.48. The Kier molecular flexibility index (Phi) is 5.29. The summed E-state index contributed by atoms with van der Waals surface area (Å²) >= 11 is 2.08. The summed E-state index contributed by atoms with van der Waals surface area (Å²) in [5.41, 5.74) is 0.227. The van der Waals surface area contributed by atoms with Crippen molar-refractivity contribution < 1.29 is 4.74 Å². The highest BCUT2D eigenvalue weighted by Crippen LogP contribution is 2.39. The number of nitrogens with zero attached hydrogens (tertiary/aromatic N) is 1. The van der Waals surface area contributed by atoms with Gasteiger partial charge in [-0.15, -0.1) is 0 Å². The zero-order valence-corrected chi connectivity index (χ0v) is 13.7. The van der Waals surface area contributed by atoms with Crippen molar-refractivity contribution >= 4 is 11.8 Å². The van der Waals surface area contributed by atoms with Gasteiger partial charge in [0, 0.05) is 24.4 Å². The summed E-state index contributed by atoms with van der Waals surface area (Å²) in [6.45, 7) is 3.44. The normalized spacial score (nSPS) is 38.7. The van der Waals surface area contributed by atoms with Crippen molar-refractivity contribution in [3.8, 4) is 0 Å². The lowest BCUT2D eigenvalue weighted by atomic mass is 9.89. The highest BCUT2D eigenvalue weighted by atomic mass is 32.2. The highest BCUT2D eigenvalue weighted by molar-refractivity contribution is 7.99. The van der Waals surface area contributed by atoms with Crippen LogP contribution in [-0.2, 0) is 4.74 Å². The number of hydrogen-bond acceptors (Lipinski definition) is 4. The number of rotatable bonds is 4. The standard InChI is InChI=1S/C16H30N2OS/c1-18(9-5-14-4-2-3-8-17-14)15-6-10-19-16(12-15)7-11-20-13-16/h14-15,17H,2-13H2,1H3. The molecule has 0 aromatic heterocycles. The van der Waals surface area contributed by atoms with Crippen LogP contribution in [0.15, 0.2) is 0 Å². The first-order valence-corrected chi connectivity index (χ1v) is 9.58. The van der Waals surface area contributed by atoms with Crippen LogP contribution in [0.2, 0.25) is 0 Å². The van der Waals surface area contributed by atoms with E-state index in [1.807, 2.05) is 0 Å². The van der Waals surface area contributed by atoms with E-state index in [2.05, 4.69) is 29.0 Å². The fourth-order valence-electron chi connectivity index (χ4n) is 3.95. The third-order valence-corrected chi connectivity index (χ3v) is 6.62. The van der Waals surface area contributed by atoms with Gasteiger partial charge in [0.25, 0.3) is 0 Å². The number of hydrogen-bond donors (Lipinski definition) is 1. The van der Waals surface area contributed by atoms with Crippen LogP contribution in [0.5, 0.6) is 0 Å². The van der Waals surface area contributed by atoms with Gasteiger partial charge in [-0.2, -0.15) is 11.8 Å². The summed E-state index contributed by atoms with van der Waals surface area (Å²) in [4.78, 5) is 2.61. The molecule has 3 aliphatic rings. The van der Waals surface area contributed by atoms with Gasteiger partial charge in [-0.1, -0.05) is 6.42 Å². The quantitative estimate of drug-likeness (QED) is 0.862. The predicted octanol–water partition coefficient (Wildman–Crippen LogP) is 2.51. The molecule has 3 aliphatic heterocycles. The van der Waals surface area contributed by atoms with Gasteiger partial charge in [-0.05, 0) is 64.4 Å². The molecule has 0 saturated carbocycles. The molecule has 0 radical (unpaired) electrons. The Morgan fingerprint density at radius 3 is 3.05 bits per heavy atom. The molecular formula is C16H30N2OS. The maximum absolute atomic E-state index is 6.14. The minimum absolute atomic E-state index is 0.227. The first kappa shape index (κ1) is 15.1. The lowest BCUT2D eigenvalue weighted by Gasteiger charge is -2.41. The number of ether oxygens (including phenoxy) is 1. The zero-order valence-electron chi connectivity index (χ0n) is 12.9. The summed E-state index contributed by atoms with van der Waals surface area (Å²) in [5.74, 6) is 2.52. The van der Waals surface area contributed by atoms with Gasteiger partial charge >= 0.3 is 0 Å². The van der Waals surface area contributed by atoms with Crippen LogP contribution in [0.25, 0.3) is 0 Å². The van der Waals surface area contributed by atoms with Crippen LogP contribution in [0, 0.1) is 0 Å². The van der Waals surface area contributed by atoms with Crippen LogP contribution < -0.4 is 5.32 Å². The van der Waals surface area contributed by atoms with Crippen LogP contribution in [0.3, 0.4) is 0 Å². The SMILES string of the molecule is CN(CCC1CCCCN1)C1CCOC2(CCSC2)C1. The monoisotopic (exact) mass is 298 g/mol. The second-order valence-electron chi connectivity index (χ2n) is 6.90. The van der Waals surface area contributed by atoms with E-state index < -0.39 is 0 Å². The Morgan fingerprint density at radius 1 is 1.35 bits per heavy atom. The van der Waals surface area contributed by atoms with Gasteiger partial charge in [-0.3, -0.25) is 0 Å². The molecule has 116 valence electrons. The first-order valence-electron chi connectivity index (χ1n) is 8.43. The van der Waals surface area contributed by atoms with E-state index in [9.17, 15) is 0 Å². The van der Waals surface area contributed by atoms with E-state index >= 15 is 0 Å². The molecule has 20 heavy (non-hydrogen) atoms. The molecule has 3 nitrogen and oxygen atoms in total. The molecule has 3 fully saturated rings. The van der Waals surface area contributed by atoms with Crippen molar-refractivity contribution in [1.82, 2.24) is 10.2 Å². The number of piperidine rings is 1. The van der Waals surface area contributed by atoms with E-state index in [1.165, 1.54) is 69.5 Å². The van der Waals surface area contributed by atoms with E-state index in [0.29, 0.717) is 0 Å². The van der Waals surface area contributed by atoms with E-state index in [1.54, 1.807) is 0 Å². The van der Waals surface area contributed by atoms with Gasteiger partial charge in [0.2, 0.25) is 0 Å². The van der Waals surface area contributed by atoms with Crippen LogP contribution in [0.1, 0.15) is 44.9 Å². The Morgan fingerprint density at radius 2 is 2.30 bits per heavy atom.